The maximum atomic E-state index is 14.0. The van der Waals surface area contributed by atoms with Crippen LogP contribution in [0.25, 0.3) is 33.8 Å². The number of hydrogen-bond donors (Lipinski definition) is 0. The van der Waals surface area contributed by atoms with Crippen LogP contribution in [-0.4, -0.2) is 28.1 Å². The minimum atomic E-state index is -0.423. The first-order valence-electron chi connectivity index (χ1n) is 12.7. The fourth-order valence-corrected chi connectivity index (χ4v) is 6.46. The van der Waals surface area contributed by atoms with Gasteiger partial charge in [-0.2, -0.15) is 0 Å². The van der Waals surface area contributed by atoms with Gasteiger partial charge < -0.3 is 0 Å². The predicted molar refractivity (Wildman–Crippen MR) is 164 cm³/mol. The van der Waals surface area contributed by atoms with Gasteiger partial charge in [-0.3, -0.25) is 14.3 Å². The van der Waals surface area contributed by atoms with Gasteiger partial charge in [0.15, 0.2) is 0 Å². The average molecular weight is 604 g/mol. The Morgan fingerprint density at radius 3 is 2.10 bits per heavy atom. The number of fused-ring (bicyclic) bond motifs is 1. The number of halogens is 5. The molecule has 0 spiro atoms. The van der Waals surface area contributed by atoms with E-state index in [2.05, 4.69) is 31.7 Å². The van der Waals surface area contributed by atoms with Crippen LogP contribution in [0.1, 0.15) is 39.2 Å². The van der Waals surface area contributed by atoms with Gasteiger partial charge in [0.2, 0.25) is 0 Å². The van der Waals surface area contributed by atoms with Crippen LogP contribution in [0.3, 0.4) is 0 Å². The third-order valence-electron chi connectivity index (χ3n) is 7.19. The van der Waals surface area contributed by atoms with Crippen molar-refractivity contribution in [2.45, 2.75) is 39.2 Å². The lowest BCUT2D eigenvalue weighted by Crippen LogP contribution is -2.44. The van der Waals surface area contributed by atoms with Gasteiger partial charge in [0.05, 0.1) is 26.3 Å². The van der Waals surface area contributed by atoms with Crippen molar-refractivity contribution in [1.29, 1.82) is 0 Å². The lowest BCUT2D eigenvalue weighted by atomic mass is 9.93. The maximum absolute atomic E-state index is 14.0. The highest BCUT2D eigenvalue weighted by Gasteiger charge is 2.24. The molecule has 0 radical (unpaired) electrons. The van der Waals surface area contributed by atoms with Crippen LogP contribution in [-0.2, 0) is 0 Å². The highest BCUT2D eigenvalue weighted by atomic mass is 35.5. The lowest BCUT2D eigenvalue weighted by molar-refractivity contribution is 0.126. The normalized spacial score (nSPS) is 14.7. The second-order valence-electron chi connectivity index (χ2n) is 10.8. The first kappa shape index (κ1) is 28.2. The Bertz CT molecular complexity index is 1650. The van der Waals surface area contributed by atoms with Crippen LogP contribution in [0, 0.1) is 5.82 Å². The summed E-state index contributed by atoms with van der Waals surface area (Å²) in [4.78, 5) is 15.8. The van der Waals surface area contributed by atoms with Crippen molar-refractivity contribution in [2.24, 2.45) is 0 Å². The Morgan fingerprint density at radius 2 is 1.49 bits per heavy atom. The van der Waals surface area contributed by atoms with Crippen LogP contribution >= 0.6 is 46.4 Å². The summed E-state index contributed by atoms with van der Waals surface area (Å²) in [6.07, 6.45) is 4.06. The smallest absolute Gasteiger partial charge is 0.255 e. The number of pyridine rings is 1. The van der Waals surface area contributed by atoms with E-state index >= 15 is 0 Å². The Kier molecular flexibility index (Phi) is 7.89. The van der Waals surface area contributed by atoms with Crippen molar-refractivity contribution < 1.29 is 4.39 Å². The Balaban J connectivity index is 1.76. The topological polar surface area (TPSA) is 25.2 Å². The molecule has 0 atom stereocenters. The quantitative estimate of drug-likeness (QED) is 0.233. The Labute approximate surface area is 247 Å². The maximum Gasteiger partial charge on any atom is 0.255 e. The summed E-state index contributed by atoms with van der Waals surface area (Å²) in [6.45, 7) is 8.64. The van der Waals surface area contributed by atoms with Crippen molar-refractivity contribution in [2.75, 3.05) is 13.1 Å². The monoisotopic (exact) mass is 602 g/mol. The molecule has 3 nitrogen and oxygen atoms in total. The Morgan fingerprint density at radius 1 is 0.821 bits per heavy atom. The van der Waals surface area contributed by atoms with Crippen molar-refractivity contribution in [1.82, 2.24) is 9.47 Å². The van der Waals surface area contributed by atoms with E-state index in [0.29, 0.717) is 21.8 Å². The minimum absolute atomic E-state index is 0.119. The standard InChI is InChI=1S/C31H27Cl4FN2O/c1-31(2,3)37-10-8-18(9-11-37)12-19-13-24(22-5-4-21(36)17-25(22)33)23-6-7-29(39)38(28(23)14-19)30-26(34)15-20(32)16-27(30)35/h4-7,12-17H,8-11H2,1-3H3. The van der Waals surface area contributed by atoms with Gasteiger partial charge in [0.1, 0.15) is 5.82 Å². The molecule has 0 N–H and O–H groups in total. The summed E-state index contributed by atoms with van der Waals surface area (Å²) in [6, 6.07) is 14.6. The van der Waals surface area contributed by atoms with Gasteiger partial charge in [-0.1, -0.05) is 58.1 Å². The number of aromatic nitrogens is 1. The number of nitrogens with zero attached hydrogens (tertiary/aromatic N) is 2. The van der Waals surface area contributed by atoms with Gasteiger partial charge in [-0.25, -0.2) is 4.39 Å². The van der Waals surface area contributed by atoms with Crippen molar-refractivity contribution in [3.8, 4) is 16.8 Å². The molecule has 1 aliphatic rings. The van der Waals surface area contributed by atoms with E-state index in [1.807, 2.05) is 12.1 Å². The third kappa shape index (κ3) is 5.77. The first-order valence-corrected chi connectivity index (χ1v) is 14.2. The van der Waals surface area contributed by atoms with E-state index in [1.165, 1.54) is 28.3 Å². The van der Waals surface area contributed by atoms with E-state index in [-0.39, 0.29) is 26.2 Å². The molecule has 4 aromatic rings. The van der Waals surface area contributed by atoms with E-state index < -0.39 is 5.82 Å². The highest BCUT2D eigenvalue weighted by Crippen LogP contribution is 2.38. The molecule has 0 unspecified atom stereocenters. The largest absolute Gasteiger partial charge is 0.298 e. The summed E-state index contributed by atoms with van der Waals surface area (Å²) in [5.74, 6) is -0.423. The molecule has 5 rings (SSSR count). The van der Waals surface area contributed by atoms with Crippen molar-refractivity contribution >= 4 is 63.4 Å². The SMILES string of the molecule is CC(C)(C)N1CCC(=Cc2cc(-c3ccc(F)cc3Cl)c3ccc(=O)n(-c4c(Cl)cc(Cl)cc4Cl)c3c2)CC1. The van der Waals surface area contributed by atoms with Crippen LogP contribution in [0.5, 0.6) is 0 Å². The fraction of sp³-hybridized carbons (Fsp3) is 0.258. The van der Waals surface area contributed by atoms with Crippen LogP contribution < -0.4 is 5.56 Å². The van der Waals surface area contributed by atoms with Gasteiger partial charge in [0, 0.05) is 40.7 Å². The molecule has 8 heteroatoms. The molecule has 0 saturated carbocycles. The molecule has 202 valence electrons. The van der Waals surface area contributed by atoms with E-state index in [1.54, 1.807) is 24.3 Å². The summed E-state index contributed by atoms with van der Waals surface area (Å²) in [5, 5.41) is 1.89. The first-order chi connectivity index (χ1) is 18.4. The van der Waals surface area contributed by atoms with Crippen LogP contribution in [0.2, 0.25) is 20.1 Å². The van der Waals surface area contributed by atoms with E-state index in [9.17, 15) is 9.18 Å². The zero-order valence-electron chi connectivity index (χ0n) is 21.8. The molecule has 39 heavy (non-hydrogen) atoms. The molecule has 1 aromatic heterocycles. The average Bonchev–Trinajstić information content (AvgIpc) is 2.84. The molecule has 0 amide bonds. The number of benzene rings is 3. The number of likely N-dealkylation sites (tertiary alicyclic amines) is 1. The summed E-state index contributed by atoms with van der Waals surface area (Å²) < 4.78 is 15.5. The molecule has 0 aliphatic carbocycles. The summed E-state index contributed by atoms with van der Waals surface area (Å²) in [7, 11) is 0. The zero-order valence-corrected chi connectivity index (χ0v) is 24.8. The summed E-state index contributed by atoms with van der Waals surface area (Å²) >= 11 is 25.9. The summed E-state index contributed by atoms with van der Waals surface area (Å²) in [5.41, 5.74) is 4.41. The number of piperidine rings is 1. The van der Waals surface area contributed by atoms with Gasteiger partial charge in [-0.15, -0.1) is 0 Å². The minimum Gasteiger partial charge on any atom is -0.298 e. The number of rotatable bonds is 3. The molecule has 0 bridgehead atoms. The van der Waals surface area contributed by atoms with Crippen LogP contribution in [0.4, 0.5) is 4.39 Å². The second kappa shape index (κ2) is 10.9. The van der Waals surface area contributed by atoms with E-state index in [0.717, 1.165) is 42.4 Å². The molecule has 1 aliphatic heterocycles. The molecule has 1 fully saturated rings. The molecule has 1 saturated heterocycles. The third-order valence-corrected chi connectivity index (χ3v) is 8.29. The van der Waals surface area contributed by atoms with Gasteiger partial charge in [0.25, 0.3) is 5.56 Å². The number of hydrogen-bond acceptors (Lipinski definition) is 2. The second-order valence-corrected chi connectivity index (χ2v) is 12.5. The molecule has 3 aromatic carbocycles. The van der Waals surface area contributed by atoms with Crippen molar-refractivity contribution in [3.05, 3.63) is 102 Å². The van der Waals surface area contributed by atoms with Gasteiger partial charge >= 0.3 is 0 Å². The lowest BCUT2D eigenvalue weighted by Gasteiger charge is -2.39. The molecular weight excluding hydrogens is 577 g/mol. The molecular formula is C31H27Cl4FN2O. The highest BCUT2D eigenvalue weighted by molar-refractivity contribution is 6.40. The van der Waals surface area contributed by atoms with Crippen LogP contribution in [0.15, 0.2) is 65.0 Å². The van der Waals surface area contributed by atoms with Gasteiger partial charge in [-0.05, 0) is 93.3 Å². The predicted octanol–water partition coefficient (Wildman–Crippen LogP) is 9.69. The molecule has 2 heterocycles. The zero-order chi connectivity index (χ0) is 28.1. The van der Waals surface area contributed by atoms with E-state index in [4.69, 9.17) is 46.4 Å². The van der Waals surface area contributed by atoms with Crippen molar-refractivity contribution in [3.63, 3.8) is 0 Å². The Hall–Kier alpha value is -2.34. The fourth-order valence-electron chi connectivity index (χ4n) is 5.21.